The van der Waals surface area contributed by atoms with Gasteiger partial charge in [-0.25, -0.2) is 0 Å². The topological polar surface area (TPSA) is 76.8 Å². The zero-order valence-corrected chi connectivity index (χ0v) is 15.1. The number of nitrogens with one attached hydrogen (secondary N) is 1. The molecule has 0 radical (unpaired) electrons. The third-order valence-corrected chi connectivity index (χ3v) is 5.23. The molecule has 6 nitrogen and oxygen atoms in total. The van der Waals surface area contributed by atoms with E-state index in [1.165, 1.54) is 0 Å². The number of morpholine rings is 1. The summed E-state index contributed by atoms with van der Waals surface area (Å²) in [5, 5.41) is 3.76. The van der Waals surface area contributed by atoms with Crippen molar-refractivity contribution < 1.29 is 14.3 Å². The summed E-state index contributed by atoms with van der Waals surface area (Å²) >= 11 is 6.41. The summed E-state index contributed by atoms with van der Waals surface area (Å²) < 4.78 is 11.1. The lowest BCUT2D eigenvalue weighted by molar-refractivity contribution is -0.132. The van der Waals surface area contributed by atoms with Gasteiger partial charge in [0.05, 0.1) is 25.4 Å². The van der Waals surface area contributed by atoms with E-state index in [0.717, 1.165) is 31.5 Å². The van der Waals surface area contributed by atoms with E-state index in [2.05, 4.69) is 10.2 Å². The molecule has 2 heterocycles. The molecule has 25 heavy (non-hydrogen) atoms. The van der Waals surface area contributed by atoms with E-state index in [4.69, 9.17) is 26.8 Å². The van der Waals surface area contributed by atoms with Crippen molar-refractivity contribution in [2.75, 3.05) is 39.4 Å². The Morgan fingerprint density at radius 1 is 1.32 bits per heavy atom. The fourth-order valence-electron chi connectivity index (χ4n) is 3.45. The summed E-state index contributed by atoms with van der Waals surface area (Å²) in [6, 6.07) is 7.82. The molecule has 0 aromatic heterocycles. The van der Waals surface area contributed by atoms with Crippen LogP contribution >= 0.6 is 11.6 Å². The number of ether oxygens (including phenoxy) is 2. The Hall–Kier alpha value is -1.18. The van der Waals surface area contributed by atoms with Crippen LogP contribution in [0.15, 0.2) is 24.3 Å². The number of carbonyl (C=O) groups is 1. The number of carbonyl (C=O) groups excluding carboxylic acids is 1. The molecule has 7 heteroatoms. The Morgan fingerprint density at radius 3 is 2.76 bits per heavy atom. The van der Waals surface area contributed by atoms with Crippen molar-refractivity contribution in [3.63, 3.8) is 0 Å². The highest BCUT2D eigenvalue weighted by molar-refractivity contribution is 6.31. The molecule has 2 aliphatic rings. The van der Waals surface area contributed by atoms with Crippen LogP contribution in [0.4, 0.5) is 0 Å². The van der Waals surface area contributed by atoms with Gasteiger partial charge in [-0.05, 0) is 24.5 Å². The summed E-state index contributed by atoms with van der Waals surface area (Å²) in [4.78, 5) is 14.8. The number of nitrogens with zero attached hydrogens (tertiary/aromatic N) is 1. The van der Waals surface area contributed by atoms with Crippen molar-refractivity contribution >= 4 is 17.5 Å². The Bertz CT molecular complexity index is 580. The molecule has 0 aliphatic carbocycles. The Kier molecular flexibility index (Phi) is 6.67. The number of hydrogen-bond acceptors (Lipinski definition) is 5. The first kappa shape index (κ1) is 18.6. The molecule has 2 saturated heterocycles. The molecule has 138 valence electrons. The number of rotatable bonds is 6. The Balaban J connectivity index is 1.65. The quantitative estimate of drug-likeness (QED) is 0.793. The van der Waals surface area contributed by atoms with E-state index in [0.29, 0.717) is 31.3 Å². The van der Waals surface area contributed by atoms with E-state index in [9.17, 15) is 4.79 Å². The summed E-state index contributed by atoms with van der Waals surface area (Å²) in [6.07, 6.45) is 1.16. The zero-order valence-electron chi connectivity index (χ0n) is 14.3. The fourth-order valence-corrected chi connectivity index (χ4v) is 3.71. The van der Waals surface area contributed by atoms with Gasteiger partial charge in [0.2, 0.25) is 5.91 Å². The molecule has 2 fully saturated rings. The maximum absolute atomic E-state index is 12.5. The van der Waals surface area contributed by atoms with Crippen LogP contribution in [0.25, 0.3) is 0 Å². The average Bonchev–Trinajstić information content (AvgIpc) is 3.13. The molecule has 3 atom stereocenters. The monoisotopic (exact) mass is 367 g/mol. The predicted octanol–water partition coefficient (Wildman–Crippen LogP) is 1.34. The molecule has 1 unspecified atom stereocenters. The van der Waals surface area contributed by atoms with E-state index >= 15 is 0 Å². The SMILES string of the molecule is NC[C@H]1CC[C@@H](C(=O)NCC(c2ccccc2Cl)N2CCOCC2)O1. The second-order valence-corrected chi connectivity index (χ2v) is 6.90. The lowest BCUT2D eigenvalue weighted by Gasteiger charge is -2.35. The van der Waals surface area contributed by atoms with Crippen molar-refractivity contribution in [1.29, 1.82) is 0 Å². The molecule has 0 bridgehead atoms. The van der Waals surface area contributed by atoms with Gasteiger partial charge in [-0.2, -0.15) is 0 Å². The Morgan fingerprint density at radius 2 is 2.08 bits per heavy atom. The van der Waals surface area contributed by atoms with Crippen LogP contribution in [0.5, 0.6) is 0 Å². The molecule has 1 aromatic rings. The van der Waals surface area contributed by atoms with E-state index in [-0.39, 0.29) is 18.1 Å². The number of amides is 1. The van der Waals surface area contributed by atoms with Crippen LogP contribution in [-0.4, -0.2) is 62.4 Å². The third kappa shape index (κ3) is 4.71. The molecule has 1 amide bonds. The van der Waals surface area contributed by atoms with Crippen LogP contribution in [0.2, 0.25) is 5.02 Å². The van der Waals surface area contributed by atoms with Gasteiger partial charge in [0.25, 0.3) is 0 Å². The minimum atomic E-state index is -0.398. The van der Waals surface area contributed by atoms with E-state index < -0.39 is 6.10 Å². The molecule has 2 aliphatic heterocycles. The molecular formula is C18H26ClN3O3. The summed E-state index contributed by atoms with van der Waals surface area (Å²) in [6.45, 7) is 3.98. The van der Waals surface area contributed by atoms with Gasteiger partial charge >= 0.3 is 0 Å². The van der Waals surface area contributed by atoms with Gasteiger partial charge in [-0.1, -0.05) is 29.8 Å². The highest BCUT2D eigenvalue weighted by atomic mass is 35.5. The second kappa shape index (κ2) is 8.96. The van der Waals surface area contributed by atoms with Crippen molar-refractivity contribution in [1.82, 2.24) is 10.2 Å². The van der Waals surface area contributed by atoms with Crippen LogP contribution in [0.3, 0.4) is 0 Å². The maximum atomic E-state index is 12.5. The van der Waals surface area contributed by atoms with E-state index in [1.807, 2.05) is 24.3 Å². The van der Waals surface area contributed by atoms with Gasteiger partial charge in [0.15, 0.2) is 0 Å². The Labute approximate surface area is 153 Å². The first-order valence-electron chi connectivity index (χ1n) is 8.88. The predicted molar refractivity (Wildman–Crippen MR) is 96.5 cm³/mol. The molecule has 3 N–H and O–H groups in total. The van der Waals surface area contributed by atoms with Crippen LogP contribution < -0.4 is 11.1 Å². The van der Waals surface area contributed by atoms with Gasteiger partial charge in [-0.15, -0.1) is 0 Å². The normalized spacial score (nSPS) is 25.7. The molecule has 3 rings (SSSR count). The smallest absolute Gasteiger partial charge is 0.249 e. The van der Waals surface area contributed by atoms with Crippen molar-refractivity contribution in [3.8, 4) is 0 Å². The minimum Gasteiger partial charge on any atom is -0.379 e. The fraction of sp³-hybridized carbons (Fsp3) is 0.611. The number of nitrogens with two attached hydrogens (primary N) is 1. The first-order chi connectivity index (χ1) is 12.2. The first-order valence-corrected chi connectivity index (χ1v) is 9.26. The lowest BCUT2D eigenvalue weighted by atomic mass is 10.0. The minimum absolute atomic E-state index is 0.00522. The van der Waals surface area contributed by atoms with Gasteiger partial charge in [0.1, 0.15) is 6.10 Å². The van der Waals surface area contributed by atoms with Crippen LogP contribution in [0.1, 0.15) is 24.4 Å². The molecule has 0 saturated carbocycles. The maximum Gasteiger partial charge on any atom is 0.249 e. The van der Waals surface area contributed by atoms with Gasteiger partial charge in [-0.3, -0.25) is 9.69 Å². The van der Waals surface area contributed by atoms with Crippen LogP contribution in [-0.2, 0) is 14.3 Å². The summed E-state index contributed by atoms with van der Waals surface area (Å²) in [7, 11) is 0. The van der Waals surface area contributed by atoms with Crippen molar-refractivity contribution in [2.45, 2.75) is 31.1 Å². The van der Waals surface area contributed by atoms with Crippen LogP contribution in [0, 0.1) is 0 Å². The highest BCUT2D eigenvalue weighted by Gasteiger charge is 2.31. The van der Waals surface area contributed by atoms with Gasteiger partial charge in [0, 0.05) is 31.2 Å². The summed E-state index contributed by atoms with van der Waals surface area (Å²) in [5.74, 6) is -0.0683. The number of benzene rings is 1. The lowest BCUT2D eigenvalue weighted by Crippen LogP contribution is -2.45. The third-order valence-electron chi connectivity index (χ3n) is 4.88. The largest absolute Gasteiger partial charge is 0.379 e. The van der Waals surface area contributed by atoms with Gasteiger partial charge < -0.3 is 20.5 Å². The van der Waals surface area contributed by atoms with E-state index in [1.54, 1.807) is 0 Å². The molecule has 1 aromatic carbocycles. The molecular weight excluding hydrogens is 342 g/mol. The van der Waals surface area contributed by atoms with Crippen molar-refractivity contribution in [2.24, 2.45) is 5.73 Å². The number of halogens is 1. The standard InChI is InChI=1S/C18H26ClN3O3/c19-15-4-2-1-3-14(15)16(22-7-9-24-10-8-22)12-21-18(23)17-6-5-13(11-20)25-17/h1-4,13,16-17H,5-12,20H2,(H,21,23)/t13-,16?,17+/m1/s1. The summed E-state index contributed by atoms with van der Waals surface area (Å²) in [5.41, 5.74) is 6.65. The second-order valence-electron chi connectivity index (χ2n) is 6.49. The average molecular weight is 368 g/mol. The highest BCUT2D eigenvalue weighted by Crippen LogP contribution is 2.28. The zero-order chi connectivity index (χ0) is 17.6. The molecule has 0 spiro atoms. The van der Waals surface area contributed by atoms with Crippen molar-refractivity contribution in [3.05, 3.63) is 34.9 Å². The number of hydrogen-bond donors (Lipinski definition) is 2.